The number of hydrogen-bond acceptors (Lipinski definition) is 2. The SMILES string of the molecule is CC(OC[n+]1cc(CC#N)n(C)c1)[Si](C)(C)C. The fourth-order valence-corrected chi connectivity index (χ4v) is 1.96. The van der Waals surface area contributed by atoms with Gasteiger partial charge in [0.25, 0.3) is 0 Å². The van der Waals surface area contributed by atoms with Gasteiger partial charge in [-0.1, -0.05) is 19.6 Å². The molecule has 0 saturated carbocycles. The molecule has 4 nitrogen and oxygen atoms in total. The smallest absolute Gasteiger partial charge is 0.245 e. The molecule has 1 aromatic heterocycles. The van der Waals surface area contributed by atoms with Crippen LogP contribution in [0.25, 0.3) is 0 Å². The number of ether oxygens (including phenoxy) is 1. The molecule has 0 aliphatic rings. The Morgan fingerprint density at radius 3 is 2.71 bits per heavy atom. The average molecular weight is 252 g/mol. The third kappa shape index (κ3) is 3.99. The summed E-state index contributed by atoms with van der Waals surface area (Å²) in [5.41, 5.74) is 1.34. The maximum absolute atomic E-state index is 8.68. The molecule has 94 valence electrons. The highest BCUT2D eigenvalue weighted by atomic mass is 28.3. The highest BCUT2D eigenvalue weighted by Crippen LogP contribution is 2.10. The summed E-state index contributed by atoms with van der Waals surface area (Å²) in [7, 11) is 0.718. The normalized spacial score (nSPS) is 13.4. The van der Waals surface area contributed by atoms with Crippen molar-refractivity contribution in [3.63, 3.8) is 0 Å². The fraction of sp³-hybridized carbons (Fsp3) is 0.667. The number of rotatable bonds is 5. The van der Waals surface area contributed by atoms with E-state index in [1.807, 2.05) is 28.7 Å². The van der Waals surface area contributed by atoms with Gasteiger partial charge in [-0.15, -0.1) is 0 Å². The second kappa shape index (κ2) is 5.47. The number of nitriles is 1. The summed E-state index contributed by atoms with van der Waals surface area (Å²) in [4.78, 5) is 0. The van der Waals surface area contributed by atoms with Gasteiger partial charge in [-0.3, -0.25) is 0 Å². The van der Waals surface area contributed by atoms with Gasteiger partial charge in [0.15, 0.2) is 12.4 Å². The first kappa shape index (κ1) is 13.9. The topological polar surface area (TPSA) is 41.8 Å². The van der Waals surface area contributed by atoms with E-state index in [9.17, 15) is 0 Å². The molecule has 0 amide bonds. The summed E-state index contributed by atoms with van der Waals surface area (Å²) >= 11 is 0. The number of nitrogens with zero attached hydrogens (tertiary/aromatic N) is 3. The maximum Gasteiger partial charge on any atom is 0.245 e. The average Bonchev–Trinajstić information content (AvgIpc) is 2.55. The van der Waals surface area contributed by atoms with Crippen molar-refractivity contribution in [1.82, 2.24) is 4.57 Å². The Hall–Kier alpha value is -1.12. The number of aromatic nitrogens is 2. The minimum absolute atomic E-state index is 0.328. The van der Waals surface area contributed by atoms with Crippen LogP contribution in [0.4, 0.5) is 0 Å². The predicted molar refractivity (Wildman–Crippen MR) is 68.8 cm³/mol. The second-order valence-electron chi connectivity index (χ2n) is 5.50. The first-order valence-electron chi connectivity index (χ1n) is 5.87. The van der Waals surface area contributed by atoms with E-state index in [0.717, 1.165) is 5.69 Å². The Kier molecular flexibility index (Phi) is 4.49. The van der Waals surface area contributed by atoms with E-state index >= 15 is 0 Å². The molecule has 17 heavy (non-hydrogen) atoms. The molecular formula is C12H22N3OSi+. The number of imidazole rings is 1. The molecule has 0 bridgehead atoms. The van der Waals surface area contributed by atoms with Crippen molar-refractivity contribution in [2.45, 2.75) is 45.4 Å². The highest BCUT2D eigenvalue weighted by Gasteiger charge is 2.24. The van der Waals surface area contributed by atoms with Crippen LogP contribution in [-0.4, -0.2) is 18.4 Å². The van der Waals surface area contributed by atoms with E-state index < -0.39 is 8.07 Å². The van der Waals surface area contributed by atoms with Gasteiger partial charge in [-0.05, 0) is 6.92 Å². The van der Waals surface area contributed by atoms with E-state index in [1.54, 1.807) is 0 Å². The van der Waals surface area contributed by atoms with Crippen molar-refractivity contribution in [2.75, 3.05) is 0 Å². The van der Waals surface area contributed by atoms with Crippen molar-refractivity contribution in [1.29, 1.82) is 5.26 Å². The van der Waals surface area contributed by atoms with Crippen molar-refractivity contribution in [3.8, 4) is 6.07 Å². The highest BCUT2D eigenvalue weighted by molar-refractivity contribution is 6.77. The fourth-order valence-electron chi connectivity index (χ4n) is 1.38. The minimum atomic E-state index is -1.23. The molecule has 1 unspecified atom stereocenters. The quantitative estimate of drug-likeness (QED) is 0.590. The largest absolute Gasteiger partial charge is 0.342 e. The number of hydrogen-bond donors (Lipinski definition) is 0. The Morgan fingerprint density at radius 2 is 2.18 bits per heavy atom. The van der Waals surface area contributed by atoms with Crippen molar-refractivity contribution in [2.24, 2.45) is 7.05 Å². The minimum Gasteiger partial charge on any atom is -0.342 e. The van der Waals surface area contributed by atoms with Crippen LogP contribution in [0.2, 0.25) is 19.6 Å². The molecule has 1 atom stereocenters. The molecule has 0 saturated heterocycles. The molecule has 0 spiro atoms. The summed E-state index contributed by atoms with van der Waals surface area (Å²) in [5.74, 6) is 0. The van der Waals surface area contributed by atoms with Gasteiger partial charge in [-0.25, -0.2) is 9.13 Å². The van der Waals surface area contributed by atoms with Gasteiger partial charge in [0.05, 0.1) is 21.2 Å². The zero-order chi connectivity index (χ0) is 13.1. The lowest BCUT2D eigenvalue weighted by atomic mass is 10.3. The molecular weight excluding hydrogens is 230 g/mol. The molecule has 0 aliphatic heterocycles. The van der Waals surface area contributed by atoms with Gasteiger partial charge in [0, 0.05) is 5.73 Å². The van der Waals surface area contributed by atoms with E-state index in [4.69, 9.17) is 10.00 Å². The lowest BCUT2D eigenvalue weighted by molar-refractivity contribution is -0.733. The van der Waals surface area contributed by atoms with E-state index in [0.29, 0.717) is 18.9 Å². The van der Waals surface area contributed by atoms with Crippen LogP contribution in [0.1, 0.15) is 12.6 Å². The molecule has 0 aromatic carbocycles. The predicted octanol–water partition coefficient (Wildman–Crippen LogP) is 1.62. The van der Waals surface area contributed by atoms with Crippen molar-refractivity contribution >= 4 is 8.07 Å². The van der Waals surface area contributed by atoms with Crippen molar-refractivity contribution in [3.05, 3.63) is 18.2 Å². The van der Waals surface area contributed by atoms with Crippen LogP contribution in [-0.2, 0) is 24.9 Å². The lowest BCUT2D eigenvalue weighted by Gasteiger charge is -2.24. The standard InChI is InChI=1S/C12H22N3OSi/c1-11(17(3,4)5)16-10-15-8-12(6-7-13)14(2)9-15/h8-9,11H,6,10H2,1-5H3/q+1. The molecule has 0 aliphatic carbocycles. The maximum atomic E-state index is 8.68. The monoisotopic (exact) mass is 252 g/mol. The molecule has 5 heteroatoms. The summed E-state index contributed by atoms with van der Waals surface area (Å²) < 4.78 is 9.82. The zero-order valence-electron chi connectivity index (χ0n) is 11.4. The summed E-state index contributed by atoms with van der Waals surface area (Å²) in [6, 6.07) is 2.16. The molecule has 1 aromatic rings. The Bertz CT molecular complexity index is 414. The first-order valence-corrected chi connectivity index (χ1v) is 9.45. The Labute approximate surface area is 104 Å². The third-order valence-corrected chi connectivity index (χ3v) is 5.65. The van der Waals surface area contributed by atoms with Crippen LogP contribution in [0.15, 0.2) is 12.5 Å². The molecule has 0 N–H and O–H groups in total. The van der Waals surface area contributed by atoms with Gasteiger partial charge in [-0.2, -0.15) is 5.26 Å². The third-order valence-electron chi connectivity index (χ3n) is 3.04. The summed E-state index contributed by atoms with van der Waals surface area (Å²) in [6.07, 6.45) is 4.37. The first-order chi connectivity index (χ1) is 7.84. The van der Waals surface area contributed by atoms with Crippen LogP contribution in [0.5, 0.6) is 0 Å². The van der Waals surface area contributed by atoms with E-state index in [2.05, 4.69) is 32.6 Å². The molecule has 1 heterocycles. The van der Waals surface area contributed by atoms with E-state index in [-0.39, 0.29) is 0 Å². The lowest BCUT2D eigenvalue weighted by Crippen LogP contribution is -2.42. The second-order valence-corrected chi connectivity index (χ2v) is 11.0. The summed E-state index contributed by atoms with van der Waals surface area (Å²) in [5, 5.41) is 8.68. The number of aryl methyl sites for hydroxylation is 1. The van der Waals surface area contributed by atoms with Crippen LogP contribution in [0.3, 0.4) is 0 Å². The van der Waals surface area contributed by atoms with E-state index in [1.165, 1.54) is 0 Å². The van der Waals surface area contributed by atoms with Gasteiger partial charge in [0.2, 0.25) is 6.33 Å². The van der Waals surface area contributed by atoms with Crippen LogP contribution in [0, 0.1) is 11.3 Å². The van der Waals surface area contributed by atoms with Crippen LogP contribution < -0.4 is 4.57 Å². The zero-order valence-corrected chi connectivity index (χ0v) is 12.4. The van der Waals surface area contributed by atoms with Gasteiger partial charge < -0.3 is 4.74 Å². The van der Waals surface area contributed by atoms with Crippen LogP contribution >= 0.6 is 0 Å². The van der Waals surface area contributed by atoms with Gasteiger partial charge >= 0.3 is 0 Å². The van der Waals surface area contributed by atoms with Crippen molar-refractivity contribution < 1.29 is 9.30 Å². The Balaban J connectivity index is 2.59. The summed E-state index contributed by atoms with van der Waals surface area (Å²) in [6.45, 7) is 9.61. The Morgan fingerprint density at radius 1 is 1.53 bits per heavy atom. The molecule has 0 fully saturated rings. The molecule has 1 rings (SSSR count). The molecule has 0 radical (unpaired) electrons. The van der Waals surface area contributed by atoms with Gasteiger partial charge in [0.1, 0.15) is 12.6 Å².